The lowest BCUT2D eigenvalue weighted by atomic mass is 9.94. The Bertz CT molecular complexity index is 403. The average molecular weight is 221 g/mol. The number of carbonyl (C=O) groups is 1. The van der Waals surface area contributed by atoms with Crippen molar-refractivity contribution in [2.75, 3.05) is 0 Å². The van der Waals surface area contributed by atoms with Crippen LogP contribution in [0.15, 0.2) is 22.2 Å². The number of hydrazone groups is 1. The highest BCUT2D eigenvalue weighted by Gasteiger charge is 2.35. The van der Waals surface area contributed by atoms with Crippen LogP contribution in [0, 0.1) is 5.41 Å². The van der Waals surface area contributed by atoms with Crippen molar-refractivity contribution in [1.82, 2.24) is 9.99 Å². The Hall–Kier alpha value is -1.65. The summed E-state index contributed by atoms with van der Waals surface area (Å²) in [5, 5.41) is 5.61. The highest BCUT2D eigenvalue weighted by atomic mass is 16.3. The van der Waals surface area contributed by atoms with Gasteiger partial charge in [-0.15, -0.1) is 0 Å². The summed E-state index contributed by atoms with van der Waals surface area (Å²) >= 11 is 0. The minimum Gasteiger partial charge on any atom is -0.451 e. The first-order chi connectivity index (χ1) is 7.50. The van der Waals surface area contributed by atoms with Gasteiger partial charge < -0.3 is 4.42 Å². The molecule has 0 N–H and O–H groups in total. The number of rotatable bonds is 1. The molecule has 86 valence electrons. The Morgan fingerprint density at radius 2 is 2.31 bits per heavy atom. The number of amides is 1. The first kappa shape index (κ1) is 10.9. The standard InChI is InChI=1S/C11H15N3O2/c1-11(2,3)10(15)14-9(4-5-13-14)8-6-16-7-12-8/h5-7,9H,4H2,1-3H3/t9-/m0/s1. The van der Waals surface area contributed by atoms with Crippen molar-refractivity contribution in [3.63, 3.8) is 0 Å². The summed E-state index contributed by atoms with van der Waals surface area (Å²) in [5.41, 5.74) is 0.305. The quantitative estimate of drug-likeness (QED) is 0.728. The molecule has 1 aromatic heterocycles. The lowest BCUT2D eigenvalue weighted by Crippen LogP contribution is -2.36. The number of hydrogen-bond acceptors (Lipinski definition) is 4. The Morgan fingerprint density at radius 1 is 1.56 bits per heavy atom. The van der Waals surface area contributed by atoms with E-state index >= 15 is 0 Å². The molecule has 0 saturated heterocycles. The minimum atomic E-state index is -0.441. The Kier molecular flexibility index (Phi) is 2.53. The molecule has 0 aromatic carbocycles. The molecule has 2 heterocycles. The van der Waals surface area contributed by atoms with Gasteiger partial charge in [-0.2, -0.15) is 5.10 Å². The van der Waals surface area contributed by atoms with Crippen LogP contribution in [0.4, 0.5) is 0 Å². The Labute approximate surface area is 94.1 Å². The second-order valence-electron chi connectivity index (χ2n) is 4.86. The van der Waals surface area contributed by atoms with Gasteiger partial charge in [0.2, 0.25) is 5.91 Å². The number of carbonyl (C=O) groups excluding carboxylic acids is 1. The van der Waals surface area contributed by atoms with Crippen LogP contribution in [0.25, 0.3) is 0 Å². The maximum Gasteiger partial charge on any atom is 0.248 e. The van der Waals surface area contributed by atoms with Crippen molar-refractivity contribution in [2.24, 2.45) is 10.5 Å². The zero-order valence-corrected chi connectivity index (χ0v) is 9.67. The van der Waals surface area contributed by atoms with Gasteiger partial charge in [0.1, 0.15) is 18.0 Å². The van der Waals surface area contributed by atoms with Gasteiger partial charge in [0, 0.05) is 18.1 Å². The third-order valence-electron chi connectivity index (χ3n) is 2.47. The monoisotopic (exact) mass is 221 g/mol. The van der Waals surface area contributed by atoms with E-state index in [9.17, 15) is 4.79 Å². The van der Waals surface area contributed by atoms with Crippen LogP contribution >= 0.6 is 0 Å². The average Bonchev–Trinajstić information content (AvgIpc) is 2.85. The summed E-state index contributed by atoms with van der Waals surface area (Å²) in [5.74, 6) is -0.00532. The predicted molar refractivity (Wildman–Crippen MR) is 58.7 cm³/mol. The van der Waals surface area contributed by atoms with Gasteiger partial charge >= 0.3 is 0 Å². The van der Waals surface area contributed by atoms with E-state index in [1.54, 1.807) is 12.5 Å². The lowest BCUT2D eigenvalue weighted by molar-refractivity contribution is -0.141. The van der Waals surface area contributed by atoms with Crippen molar-refractivity contribution < 1.29 is 9.21 Å². The highest BCUT2D eigenvalue weighted by Crippen LogP contribution is 2.31. The van der Waals surface area contributed by atoms with E-state index < -0.39 is 5.41 Å². The highest BCUT2D eigenvalue weighted by molar-refractivity contribution is 5.84. The van der Waals surface area contributed by atoms with Crippen molar-refractivity contribution in [3.05, 3.63) is 18.4 Å². The molecule has 1 aromatic rings. The van der Waals surface area contributed by atoms with E-state index in [0.717, 1.165) is 5.69 Å². The van der Waals surface area contributed by atoms with Crippen LogP contribution in [-0.4, -0.2) is 22.1 Å². The molecule has 0 radical (unpaired) electrons. The molecule has 1 aliphatic heterocycles. The van der Waals surface area contributed by atoms with Crippen molar-refractivity contribution >= 4 is 12.1 Å². The fourth-order valence-electron chi connectivity index (χ4n) is 1.59. The molecule has 5 nitrogen and oxygen atoms in total. The molecule has 0 unspecified atom stereocenters. The minimum absolute atomic E-state index is 0.00532. The maximum absolute atomic E-state index is 12.1. The van der Waals surface area contributed by atoms with Gasteiger partial charge in [0.05, 0.1) is 0 Å². The fraction of sp³-hybridized carbons (Fsp3) is 0.545. The zero-order valence-electron chi connectivity index (χ0n) is 9.67. The third-order valence-corrected chi connectivity index (χ3v) is 2.47. The number of nitrogens with zero attached hydrogens (tertiary/aromatic N) is 3. The smallest absolute Gasteiger partial charge is 0.248 e. The Balaban J connectivity index is 2.22. The van der Waals surface area contributed by atoms with Crippen molar-refractivity contribution in [3.8, 4) is 0 Å². The van der Waals surface area contributed by atoms with E-state index in [0.29, 0.717) is 6.42 Å². The van der Waals surface area contributed by atoms with Crippen LogP contribution in [0.1, 0.15) is 38.9 Å². The molecular weight excluding hydrogens is 206 g/mol. The van der Waals surface area contributed by atoms with Crippen molar-refractivity contribution in [1.29, 1.82) is 0 Å². The fourth-order valence-corrected chi connectivity index (χ4v) is 1.59. The van der Waals surface area contributed by atoms with Crippen LogP contribution in [0.5, 0.6) is 0 Å². The Morgan fingerprint density at radius 3 is 2.88 bits per heavy atom. The van der Waals surface area contributed by atoms with E-state index in [-0.39, 0.29) is 11.9 Å². The molecule has 0 spiro atoms. The summed E-state index contributed by atoms with van der Waals surface area (Å²) in [6.45, 7) is 5.63. The maximum atomic E-state index is 12.1. The number of aromatic nitrogens is 1. The molecule has 0 aliphatic carbocycles. The van der Waals surface area contributed by atoms with E-state index in [1.165, 1.54) is 11.4 Å². The molecule has 16 heavy (non-hydrogen) atoms. The van der Waals surface area contributed by atoms with E-state index in [4.69, 9.17) is 4.42 Å². The summed E-state index contributed by atoms with van der Waals surface area (Å²) in [7, 11) is 0. The predicted octanol–water partition coefficient (Wildman–Crippen LogP) is 1.98. The first-order valence-corrected chi connectivity index (χ1v) is 5.24. The van der Waals surface area contributed by atoms with Crippen LogP contribution in [0.3, 0.4) is 0 Å². The number of oxazole rings is 1. The van der Waals surface area contributed by atoms with Crippen LogP contribution < -0.4 is 0 Å². The molecule has 0 saturated carbocycles. The van der Waals surface area contributed by atoms with Crippen molar-refractivity contribution in [2.45, 2.75) is 33.2 Å². The van der Waals surface area contributed by atoms with Gasteiger partial charge in [-0.1, -0.05) is 20.8 Å². The molecule has 1 aliphatic rings. The third kappa shape index (κ3) is 1.85. The summed E-state index contributed by atoms with van der Waals surface area (Å²) in [6.07, 6.45) is 5.35. The lowest BCUT2D eigenvalue weighted by Gasteiger charge is -2.27. The summed E-state index contributed by atoms with van der Waals surface area (Å²) < 4.78 is 4.94. The van der Waals surface area contributed by atoms with Gasteiger partial charge in [0.25, 0.3) is 0 Å². The molecular formula is C11H15N3O2. The zero-order chi connectivity index (χ0) is 11.8. The van der Waals surface area contributed by atoms with Crippen LogP contribution in [0.2, 0.25) is 0 Å². The largest absolute Gasteiger partial charge is 0.451 e. The summed E-state index contributed by atoms with van der Waals surface area (Å²) in [6, 6.07) is -0.120. The molecule has 1 amide bonds. The topological polar surface area (TPSA) is 58.7 Å². The SMILES string of the molecule is CC(C)(C)C(=O)N1N=CC[C@H]1c1cocn1. The number of hydrogen-bond donors (Lipinski definition) is 0. The molecule has 0 bridgehead atoms. The van der Waals surface area contributed by atoms with Crippen LogP contribution in [-0.2, 0) is 4.79 Å². The van der Waals surface area contributed by atoms with Gasteiger partial charge in [-0.3, -0.25) is 4.79 Å². The van der Waals surface area contributed by atoms with E-state index in [1.807, 2.05) is 20.8 Å². The molecule has 2 rings (SSSR count). The molecule has 5 heteroatoms. The normalized spacial score (nSPS) is 20.4. The molecule has 0 fully saturated rings. The van der Waals surface area contributed by atoms with Gasteiger partial charge in [-0.05, 0) is 0 Å². The molecule has 1 atom stereocenters. The van der Waals surface area contributed by atoms with Gasteiger partial charge in [0.15, 0.2) is 6.39 Å². The second kappa shape index (κ2) is 3.73. The first-order valence-electron chi connectivity index (χ1n) is 5.24. The van der Waals surface area contributed by atoms with Gasteiger partial charge in [-0.25, -0.2) is 9.99 Å². The summed E-state index contributed by atoms with van der Waals surface area (Å²) in [4.78, 5) is 16.2. The van der Waals surface area contributed by atoms with E-state index in [2.05, 4.69) is 10.1 Å². The second-order valence-corrected chi connectivity index (χ2v) is 4.86.